The van der Waals surface area contributed by atoms with Gasteiger partial charge in [-0.25, -0.2) is 4.98 Å². The number of nitrogens with zero attached hydrogens (tertiary/aromatic N) is 3. The maximum atomic E-state index is 12.6. The first-order valence-electron chi connectivity index (χ1n) is 5.10. The number of rotatable bonds is 3. The number of halogens is 1. The Hall–Kier alpha value is -2.18. The highest BCUT2D eigenvalue weighted by molar-refractivity contribution is 5.12. The van der Waals surface area contributed by atoms with Gasteiger partial charge in [0, 0.05) is 25.8 Å². The predicted octanol–water partition coefficient (Wildman–Crippen LogP) is 0.701. The molecule has 6 nitrogen and oxygen atoms in total. The molecular formula is C10H11FN4O2. The van der Waals surface area contributed by atoms with E-state index in [4.69, 9.17) is 0 Å². The highest BCUT2D eigenvalue weighted by Crippen LogP contribution is 2.12. The summed E-state index contributed by atoms with van der Waals surface area (Å²) >= 11 is 0. The van der Waals surface area contributed by atoms with E-state index in [1.807, 2.05) is 4.90 Å². The van der Waals surface area contributed by atoms with Gasteiger partial charge in [-0.15, -0.1) is 0 Å². The van der Waals surface area contributed by atoms with E-state index in [2.05, 4.69) is 10.3 Å². The first-order chi connectivity index (χ1) is 8.15. The minimum absolute atomic E-state index is 0.472. The van der Waals surface area contributed by atoms with Gasteiger partial charge in [-0.3, -0.25) is 10.1 Å². The van der Waals surface area contributed by atoms with Crippen LogP contribution in [0.4, 0.5) is 4.39 Å². The van der Waals surface area contributed by atoms with Gasteiger partial charge in [0.05, 0.1) is 4.92 Å². The molecule has 1 N–H and O–H groups in total. The third-order valence-corrected chi connectivity index (χ3v) is 2.42. The summed E-state index contributed by atoms with van der Waals surface area (Å²) in [6, 6.07) is 2.89. The molecule has 0 saturated carbocycles. The summed E-state index contributed by atoms with van der Waals surface area (Å²) in [5.41, 5.74) is 0.810. The largest absolute Gasteiger partial charge is 0.365 e. The predicted molar refractivity (Wildman–Crippen MR) is 57.7 cm³/mol. The van der Waals surface area contributed by atoms with Crippen LogP contribution < -0.4 is 5.32 Å². The second-order valence-electron chi connectivity index (χ2n) is 3.64. The Bertz CT molecular complexity index is 446. The molecule has 0 unspecified atom stereocenters. The topological polar surface area (TPSA) is 71.3 Å². The SMILES string of the molecule is O=[N+]([O-])C=C1NCCN1Cc1ccc(F)nc1. The van der Waals surface area contributed by atoms with Gasteiger partial charge in [-0.2, -0.15) is 4.39 Å². The average molecular weight is 238 g/mol. The summed E-state index contributed by atoms with van der Waals surface area (Å²) in [6.07, 6.45) is 2.36. The Morgan fingerprint density at radius 1 is 1.65 bits per heavy atom. The van der Waals surface area contributed by atoms with Crippen LogP contribution in [0, 0.1) is 16.1 Å². The number of hydrogen-bond acceptors (Lipinski definition) is 5. The Kier molecular flexibility index (Phi) is 3.17. The lowest BCUT2D eigenvalue weighted by Crippen LogP contribution is -2.20. The quantitative estimate of drug-likeness (QED) is 0.477. The van der Waals surface area contributed by atoms with Crippen molar-refractivity contribution < 1.29 is 9.31 Å². The van der Waals surface area contributed by atoms with Crippen LogP contribution in [0.2, 0.25) is 0 Å². The van der Waals surface area contributed by atoms with E-state index in [9.17, 15) is 14.5 Å². The van der Waals surface area contributed by atoms with Crippen molar-refractivity contribution in [2.75, 3.05) is 13.1 Å². The molecule has 0 aromatic carbocycles. The van der Waals surface area contributed by atoms with Crippen LogP contribution in [0.3, 0.4) is 0 Å². The van der Waals surface area contributed by atoms with Crippen molar-refractivity contribution in [3.63, 3.8) is 0 Å². The molecule has 0 aliphatic carbocycles. The van der Waals surface area contributed by atoms with Gasteiger partial charge in [0.1, 0.15) is 0 Å². The normalized spacial score (nSPS) is 17.2. The monoisotopic (exact) mass is 238 g/mol. The summed E-state index contributed by atoms with van der Waals surface area (Å²) in [5.74, 6) is -0.0614. The smallest absolute Gasteiger partial charge is 0.274 e. The van der Waals surface area contributed by atoms with Gasteiger partial charge in [0.15, 0.2) is 5.82 Å². The first-order valence-corrected chi connectivity index (χ1v) is 5.10. The molecule has 17 heavy (non-hydrogen) atoms. The van der Waals surface area contributed by atoms with Gasteiger partial charge < -0.3 is 10.2 Å². The van der Waals surface area contributed by atoms with Crippen molar-refractivity contribution in [3.05, 3.63) is 52.0 Å². The molecule has 1 aliphatic heterocycles. The van der Waals surface area contributed by atoms with Crippen molar-refractivity contribution in [3.8, 4) is 0 Å². The lowest BCUT2D eigenvalue weighted by molar-refractivity contribution is -0.404. The van der Waals surface area contributed by atoms with E-state index in [0.717, 1.165) is 11.8 Å². The van der Waals surface area contributed by atoms with Crippen LogP contribution >= 0.6 is 0 Å². The summed E-state index contributed by atoms with van der Waals surface area (Å²) in [6.45, 7) is 1.81. The lowest BCUT2D eigenvalue weighted by Gasteiger charge is -2.16. The zero-order valence-corrected chi connectivity index (χ0v) is 8.97. The Morgan fingerprint density at radius 3 is 3.12 bits per heavy atom. The van der Waals surface area contributed by atoms with E-state index in [-0.39, 0.29) is 0 Å². The van der Waals surface area contributed by atoms with Crippen molar-refractivity contribution in [1.82, 2.24) is 15.2 Å². The fourth-order valence-electron chi connectivity index (χ4n) is 1.66. The number of nitro groups is 1. The van der Waals surface area contributed by atoms with Crippen LogP contribution in [0.1, 0.15) is 5.56 Å². The Morgan fingerprint density at radius 2 is 2.47 bits per heavy atom. The maximum Gasteiger partial charge on any atom is 0.274 e. The first kappa shape index (κ1) is 11.3. The summed E-state index contributed by atoms with van der Waals surface area (Å²) in [5, 5.41) is 13.3. The molecule has 0 atom stereocenters. The molecule has 1 aromatic rings. The van der Waals surface area contributed by atoms with E-state index in [0.29, 0.717) is 25.5 Å². The van der Waals surface area contributed by atoms with Crippen molar-refractivity contribution in [1.29, 1.82) is 0 Å². The zero-order valence-electron chi connectivity index (χ0n) is 8.97. The van der Waals surface area contributed by atoms with Crippen molar-refractivity contribution in [2.24, 2.45) is 0 Å². The van der Waals surface area contributed by atoms with Gasteiger partial charge >= 0.3 is 0 Å². The molecule has 0 bridgehead atoms. The second-order valence-corrected chi connectivity index (χ2v) is 3.64. The van der Waals surface area contributed by atoms with Crippen LogP contribution in [0.25, 0.3) is 0 Å². The molecular weight excluding hydrogens is 227 g/mol. The Balaban J connectivity index is 2.07. The molecule has 2 heterocycles. The molecule has 1 saturated heterocycles. The van der Waals surface area contributed by atoms with E-state index in [1.165, 1.54) is 12.3 Å². The van der Waals surface area contributed by atoms with E-state index >= 15 is 0 Å². The summed E-state index contributed by atoms with van der Waals surface area (Å²) < 4.78 is 12.6. The minimum Gasteiger partial charge on any atom is -0.365 e. The zero-order chi connectivity index (χ0) is 12.3. The number of pyridine rings is 1. The number of nitrogens with one attached hydrogen (secondary N) is 1. The van der Waals surface area contributed by atoms with Gasteiger partial charge in [-0.05, 0) is 11.6 Å². The molecule has 2 rings (SSSR count). The van der Waals surface area contributed by atoms with Crippen LogP contribution in [-0.4, -0.2) is 27.9 Å². The molecule has 1 aromatic heterocycles. The van der Waals surface area contributed by atoms with Crippen LogP contribution in [0.5, 0.6) is 0 Å². The number of aromatic nitrogens is 1. The second kappa shape index (κ2) is 4.77. The fourth-order valence-corrected chi connectivity index (χ4v) is 1.66. The molecule has 7 heteroatoms. The minimum atomic E-state index is -0.533. The van der Waals surface area contributed by atoms with Crippen LogP contribution in [0.15, 0.2) is 30.4 Å². The third-order valence-electron chi connectivity index (χ3n) is 2.42. The summed E-state index contributed by atoms with van der Waals surface area (Å²) in [4.78, 5) is 15.3. The van der Waals surface area contributed by atoms with Gasteiger partial charge in [0.25, 0.3) is 6.20 Å². The summed E-state index contributed by atoms with van der Waals surface area (Å²) in [7, 11) is 0. The van der Waals surface area contributed by atoms with Crippen LogP contribution in [-0.2, 0) is 6.54 Å². The highest BCUT2D eigenvalue weighted by atomic mass is 19.1. The standard InChI is InChI=1S/C10H11FN4O2/c11-9-2-1-8(5-13-9)6-14-4-3-12-10(14)7-15(16)17/h1-2,5,7,12H,3-4,6H2. The average Bonchev–Trinajstić information content (AvgIpc) is 2.68. The molecule has 1 fully saturated rings. The third kappa shape index (κ3) is 2.90. The fraction of sp³-hybridized carbons (Fsp3) is 0.300. The lowest BCUT2D eigenvalue weighted by atomic mass is 10.2. The Labute approximate surface area is 96.9 Å². The molecule has 0 radical (unpaired) electrons. The van der Waals surface area contributed by atoms with E-state index < -0.39 is 10.9 Å². The van der Waals surface area contributed by atoms with Crippen molar-refractivity contribution in [2.45, 2.75) is 6.54 Å². The highest BCUT2D eigenvalue weighted by Gasteiger charge is 2.19. The molecule has 0 amide bonds. The molecule has 0 spiro atoms. The van der Waals surface area contributed by atoms with Gasteiger partial charge in [0.2, 0.25) is 5.95 Å². The van der Waals surface area contributed by atoms with Crippen molar-refractivity contribution >= 4 is 0 Å². The molecule has 90 valence electrons. The maximum absolute atomic E-state index is 12.6. The van der Waals surface area contributed by atoms with E-state index in [1.54, 1.807) is 6.07 Å². The molecule has 1 aliphatic rings. The number of hydrogen-bond donors (Lipinski definition) is 1. The van der Waals surface area contributed by atoms with Gasteiger partial charge in [-0.1, -0.05) is 6.07 Å².